The molecule has 1 unspecified atom stereocenters. The first-order valence-corrected chi connectivity index (χ1v) is 10.9. The molecule has 3 amide bonds. The molecule has 6 nitrogen and oxygen atoms in total. The van der Waals surface area contributed by atoms with Crippen molar-refractivity contribution in [1.29, 1.82) is 0 Å². The fourth-order valence-electron chi connectivity index (χ4n) is 3.90. The van der Waals surface area contributed by atoms with E-state index in [2.05, 4.69) is 16.0 Å². The summed E-state index contributed by atoms with van der Waals surface area (Å²) < 4.78 is 2.18. The summed E-state index contributed by atoms with van der Waals surface area (Å²) in [5.74, 6) is 0.211. The van der Waals surface area contributed by atoms with Crippen LogP contribution >= 0.6 is 11.6 Å². The van der Waals surface area contributed by atoms with Crippen molar-refractivity contribution in [3.05, 3.63) is 58.9 Å². The highest BCUT2D eigenvalue weighted by atomic mass is 35.5. The zero-order chi connectivity index (χ0) is 21.8. The second-order valence-electron chi connectivity index (χ2n) is 8.55. The van der Waals surface area contributed by atoms with Gasteiger partial charge in [-0.3, -0.25) is 4.79 Å². The molecular formula is C23H31ClN4O2. The fraction of sp³-hybridized carbons (Fsp3) is 0.478. The van der Waals surface area contributed by atoms with Crippen LogP contribution in [0.15, 0.2) is 42.6 Å². The molecule has 7 heteroatoms. The van der Waals surface area contributed by atoms with Gasteiger partial charge in [0.2, 0.25) is 5.91 Å². The molecule has 3 rings (SSSR count). The predicted octanol–water partition coefficient (Wildman–Crippen LogP) is 4.15. The van der Waals surface area contributed by atoms with Crippen molar-refractivity contribution in [2.45, 2.75) is 46.3 Å². The maximum Gasteiger partial charge on any atom is 0.318 e. The molecule has 1 aromatic carbocycles. The van der Waals surface area contributed by atoms with E-state index < -0.39 is 0 Å². The SMILES string of the molecule is CC(C)CN(CC(=O)N1CCn2cccc2C1c1ccc(Cl)cc1)C(=O)NC(C)C. The lowest BCUT2D eigenvalue weighted by Gasteiger charge is -2.38. The van der Waals surface area contributed by atoms with Crippen molar-refractivity contribution >= 4 is 23.5 Å². The number of amides is 3. The number of hydrogen-bond donors (Lipinski definition) is 1. The molecule has 1 N–H and O–H groups in total. The Balaban J connectivity index is 1.86. The molecule has 1 atom stereocenters. The highest BCUT2D eigenvalue weighted by Crippen LogP contribution is 2.33. The van der Waals surface area contributed by atoms with E-state index in [0.29, 0.717) is 18.1 Å². The number of fused-ring (bicyclic) bond motifs is 1. The first-order chi connectivity index (χ1) is 14.3. The number of rotatable bonds is 6. The van der Waals surface area contributed by atoms with Crippen LogP contribution in [0.5, 0.6) is 0 Å². The second-order valence-corrected chi connectivity index (χ2v) is 8.98. The van der Waals surface area contributed by atoms with Crippen LogP contribution in [0.4, 0.5) is 4.79 Å². The maximum atomic E-state index is 13.4. The third kappa shape index (κ3) is 5.17. The van der Waals surface area contributed by atoms with Crippen LogP contribution in [0.3, 0.4) is 0 Å². The van der Waals surface area contributed by atoms with Crippen LogP contribution < -0.4 is 5.32 Å². The minimum atomic E-state index is -0.201. The van der Waals surface area contributed by atoms with Gasteiger partial charge >= 0.3 is 6.03 Å². The monoisotopic (exact) mass is 430 g/mol. The highest BCUT2D eigenvalue weighted by Gasteiger charge is 2.33. The smallest absolute Gasteiger partial charge is 0.318 e. The Morgan fingerprint density at radius 2 is 1.83 bits per heavy atom. The van der Waals surface area contributed by atoms with Gasteiger partial charge < -0.3 is 19.7 Å². The summed E-state index contributed by atoms with van der Waals surface area (Å²) in [6.07, 6.45) is 2.04. The van der Waals surface area contributed by atoms with E-state index in [0.717, 1.165) is 17.8 Å². The molecule has 1 aliphatic rings. The Morgan fingerprint density at radius 1 is 1.13 bits per heavy atom. The van der Waals surface area contributed by atoms with Gasteiger partial charge in [0.15, 0.2) is 0 Å². The molecule has 2 aromatic rings. The predicted molar refractivity (Wildman–Crippen MR) is 120 cm³/mol. The number of halogens is 1. The minimum absolute atomic E-state index is 0.0161. The number of aromatic nitrogens is 1. The number of benzene rings is 1. The summed E-state index contributed by atoms with van der Waals surface area (Å²) in [6, 6.07) is 11.3. The Kier molecular flexibility index (Phi) is 7.08. The van der Waals surface area contributed by atoms with E-state index in [1.54, 1.807) is 4.90 Å². The lowest BCUT2D eigenvalue weighted by Crippen LogP contribution is -2.51. The van der Waals surface area contributed by atoms with E-state index >= 15 is 0 Å². The number of hydrogen-bond acceptors (Lipinski definition) is 2. The van der Waals surface area contributed by atoms with Crippen LogP contribution in [0.1, 0.15) is 45.0 Å². The van der Waals surface area contributed by atoms with Crippen molar-refractivity contribution in [1.82, 2.24) is 19.7 Å². The van der Waals surface area contributed by atoms with Gasteiger partial charge in [0.1, 0.15) is 6.54 Å². The average Bonchev–Trinajstić information content (AvgIpc) is 3.15. The molecular weight excluding hydrogens is 400 g/mol. The van der Waals surface area contributed by atoms with E-state index in [4.69, 9.17) is 11.6 Å². The van der Waals surface area contributed by atoms with Gasteiger partial charge in [-0.05, 0) is 49.6 Å². The summed E-state index contributed by atoms with van der Waals surface area (Å²) in [6.45, 7) is 9.84. The lowest BCUT2D eigenvalue weighted by atomic mass is 9.99. The van der Waals surface area contributed by atoms with Crippen molar-refractivity contribution in [3.63, 3.8) is 0 Å². The molecule has 1 aromatic heterocycles. The molecule has 30 heavy (non-hydrogen) atoms. The molecule has 0 radical (unpaired) electrons. The Labute approximate surface area is 183 Å². The van der Waals surface area contributed by atoms with Crippen molar-refractivity contribution < 1.29 is 9.59 Å². The fourth-order valence-corrected chi connectivity index (χ4v) is 4.03. The summed E-state index contributed by atoms with van der Waals surface area (Å²) in [5, 5.41) is 3.58. The summed E-state index contributed by atoms with van der Waals surface area (Å²) in [7, 11) is 0. The first-order valence-electron chi connectivity index (χ1n) is 10.5. The molecule has 0 saturated heterocycles. The van der Waals surface area contributed by atoms with Crippen LogP contribution in [-0.2, 0) is 11.3 Å². The maximum absolute atomic E-state index is 13.4. The number of carbonyl (C=O) groups excluding carboxylic acids is 2. The number of nitrogens with one attached hydrogen (secondary N) is 1. The molecule has 162 valence electrons. The Hall–Kier alpha value is -2.47. The highest BCUT2D eigenvalue weighted by molar-refractivity contribution is 6.30. The first kappa shape index (κ1) is 22.2. The van der Waals surface area contributed by atoms with Crippen LogP contribution in [-0.4, -0.2) is 52.0 Å². The quantitative estimate of drug-likeness (QED) is 0.748. The molecule has 2 heterocycles. The summed E-state index contributed by atoms with van der Waals surface area (Å²) >= 11 is 6.09. The third-order valence-electron chi connectivity index (χ3n) is 5.16. The summed E-state index contributed by atoms with van der Waals surface area (Å²) in [5.41, 5.74) is 2.08. The lowest BCUT2D eigenvalue weighted by molar-refractivity contribution is -0.134. The molecule has 0 bridgehead atoms. The zero-order valence-electron chi connectivity index (χ0n) is 18.1. The van der Waals surface area contributed by atoms with Gasteiger partial charge in [0.25, 0.3) is 0 Å². The van der Waals surface area contributed by atoms with Crippen LogP contribution in [0, 0.1) is 5.92 Å². The van der Waals surface area contributed by atoms with Crippen LogP contribution in [0.2, 0.25) is 5.02 Å². The van der Waals surface area contributed by atoms with Crippen molar-refractivity contribution in [2.75, 3.05) is 19.6 Å². The van der Waals surface area contributed by atoms with E-state index in [9.17, 15) is 9.59 Å². The average molecular weight is 431 g/mol. The zero-order valence-corrected chi connectivity index (χ0v) is 18.9. The topological polar surface area (TPSA) is 57.6 Å². The minimum Gasteiger partial charge on any atom is -0.348 e. The van der Waals surface area contributed by atoms with Gasteiger partial charge in [-0.2, -0.15) is 0 Å². The standard InChI is InChI=1S/C23H31ClN4O2/c1-16(2)14-27(23(30)25-17(3)4)15-21(29)28-13-12-26-11-5-6-20(26)22(28)18-7-9-19(24)10-8-18/h5-11,16-17,22H,12-15H2,1-4H3,(H,25,30). The van der Waals surface area contributed by atoms with Gasteiger partial charge in [0.05, 0.1) is 6.04 Å². The van der Waals surface area contributed by atoms with Crippen molar-refractivity contribution in [3.8, 4) is 0 Å². The molecule has 0 aliphatic carbocycles. The normalized spacial score (nSPS) is 16.0. The second kappa shape index (κ2) is 9.56. The molecule has 0 fully saturated rings. The van der Waals surface area contributed by atoms with E-state index in [-0.39, 0.29) is 36.5 Å². The molecule has 1 aliphatic heterocycles. The Bertz CT molecular complexity index is 876. The van der Waals surface area contributed by atoms with Crippen LogP contribution in [0.25, 0.3) is 0 Å². The number of nitrogens with zero attached hydrogens (tertiary/aromatic N) is 3. The van der Waals surface area contributed by atoms with E-state index in [1.165, 1.54) is 0 Å². The van der Waals surface area contributed by atoms with Crippen molar-refractivity contribution in [2.24, 2.45) is 5.92 Å². The van der Waals surface area contributed by atoms with E-state index in [1.807, 2.05) is 69.1 Å². The number of urea groups is 1. The van der Waals surface area contributed by atoms with Gasteiger partial charge in [-0.25, -0.2) is 4.79 Å². The van der Waals surface area contributed by atoms with Gasteiger partial charge in [-0.15, -0.1) is 0 Å². The van der Waals surface area contributed by atoms with Gasteiger partial charge in [0, 0.05) is 42.6 Å². The summed E-state index contributed by atoms with van der Waals surface area (Å²) in [4.78, 5) is 29.6. The number of carbonyl (C=O) groups is 2. The largest absolute Gasteiger partial charge is 0.348 e. The molecule has 0 saturated carbocycles. The third-order valence-corrected chi connectivity index (χ3v) is 5.41. The Morgan fingerprint density at radius 3 is 2.47 bits per heavy atom. The molecule has 0 spiro atoms. The van der Waals surface area contributed by atoms with Gasteiger partial charge in [-0.1, -0.05) is 37.6 Å².